The molecule has 0 aliphatic heterocycles. The van der Waals surface area contributed by atoms with Gasteiger partial charge in [-0.05, 0) is 42.2 Å². The Balaban J connectivity index is 1.59. The number of nitrogens with one attached hydrogen (secondary N) is 1. The van der Waals surface area contributed by atoms with Gasteiger partial charge in [-0.3, -0.25) is 9.36 Å². The highest BCUT2D eigenvalue weighted by Gasteiger charge is 2.14. The fraction of sp³-hybridized carbons (Fsp3) is 0.292. The molecule has 0 bridgehead atoms. The average molecular weight is 437 g/mol. The van der Waals surface area contributed by atoms with Crippen LogP contribution in [0.2, 0.25) is 0 Å². The van der Waals surface area contributed by atoms with E-state index in [4.69, 9.17) is 4.74 Å². The topological polar surface area (TPSA) is 69.0 Å². The number of aryl methyl sites for hydroxylation is 1. The summed E-state index contributed by atoms with van der Waals surface area (Å²) in [4.78, 5) is 12.4. The lowest BCUT2D eigenvalue weighted by Crippen LogP contribution is -2.15. The van der Waals surface area contributed by atoms with Crippen molar-refractivity contribution < 1.29 is 9.53 Å². The van der Waals surface area contributed by atoms with Crippen molar-refractivity contribution in [2.24, 2.45) is 0 Å². The molecule has 7 heteroatoms. The predicted molar refractivity (Wildman–Crippen MR) is 126 cm³/mol. The van der Waals surface area contributed by atoms with E-state index in [9.17, 15) is 4.79 Å². The van der Waals surface area contributed by atoms with E-state index in [1.807, 2.05) is 60.0 Å². The molecular formula is C24H28N4O2S. The van der Waals surface area contributed by atoms with Crippen molar-refractivity contribution in [3.05, 3.63) is 78.1 Å². The molecule has 162 valence electrons. The first-order valence-corrected chi connectivity index (χ1v) is 11.2. The molecular weight excluding hydrogens is 408 g/mol. The van der Waals surface area contributed by atoms with E-state index >= 15 is 0 Å². The van der Waals surface area contributed by atoms with E-state index < -0.39 is 0 Å². The van der Waals surface area contributed by atoms with Gasteiger partial charge in [0.1, 0.15) is 12.4 Å². The molecule has 31 heavy (non-hydrogen) atoms. The first-order valence-electron chi connectivity index (χ1n) is 10.2. The molecule has 6 nitrogen and oxygen atoms in total. The summed E-state index contributed by atoms with van der Waals surface area (Å²) in [7, 11) is 0. The van der Waals surface area contributed by atoms with Crippen LogP contribution in [0, 0.1) is 6.92 Å². The van der Waals surface area contributed by atoms with E-state index in [0.717, 1.165) is 17.0 Å². The van der Waals surface area contributed by atoms with Gasteiger partial charge in [0.15, 0.2) is 11.0 Å². The van der Waals surface area contributed by atoms with Crippen LogP contribution in [0.4, 0.5) is 5.69 Å². The number of aromatic nitrogens is 3. The van der Waals surface area contributed by atoms with E-state index in [1.165, 1.54) is 17.3 Å². The molecule has 1 heterocycles. The first kappa shape index (κ1) is 22.6. The van der Waals surface area contributed by atoms with Gasteiger partial charge in [-0.2, -0.15) is 0 Å². The average Bonchev–Trinajstić information content (AvgIpc) is 3.14. The lowest BCUT2D eigenvalue weighted by molar-refractivity contribution is -0.113. The number of carbonyl (C=O) groups is 1. The Kier molecular flexibility index (Phi) is 7.89. The van der Waals surface area contributed by atoms with Crippen LogP contribution >= 0.6 is 11.8 Å². The Morgan fingerprint density at radius 2 is 1.94 bits per heavy atom. The second-order valence-electron chi connectivity index (χ2n) is 7.47. The number of thioether (sulfide) groups is 1. The predicted octanol–water partition coefficient (Wildman–Crippen LogP) is 5.21. The van der Waals surface area contributed by atoms with Crippen LogP contribution in [0.1, 0.15) is 36.7 Å². The van der Waals surface area contributed by atoms with Crippen molar-refractivity contribution in [2.45, 2.75) is 45.0 Å². The van der Waals surface area contributed by atoms with Gasteiger partial charge in [-0.1, -0.05) is 62.0 Å². The maximum atomic E-state index is 12.4. The number of benzene rings is 2. The highest BCUT2D eigenvalue weighted by atomic mass is 32.2. The second kappa shape index (κ2) is 10.8. The number of carbonyl (C=O) groups excluding carboxylic acids is 1. The Hall–Kier alpha value is -3.06. The van der Waals surface area contributed by atoms with Gasteiger partial charge in [-0.25, -0.2) is 0 Å². The lowest BCUT2D eigenvalue weighted by atomic mass is 10.0. The van der Waals surface area contributed by atoms with Gasteiger partial charge in [0.05, 0.1) is 5.75 Å². The van der Waals surface area contributed by atoms with Crippen molar-refractivity contribution in [2.75, 3.05) is 11.1 Å². The molecule has 3 rings (SSSR count). The monoisotopic (exact) mass is 436 g/mol. The third-order valence-electron chi connectivity index (χ3n) is 4.75. The molecule has 0 atom stereocenters. The van der Waals surface area contributed by atoms with Gasteiger partial charge in [0, 0.05) is 12.2 Å². The summed E-state index contributed by atoms with van der Waals surface area (Å²) in [6, 6.07) is 15.8. The summed E-state index contributed by atoms with van der Waals surface area (Å²) >= 11 is 1.34. The van der Waals surface area contributed by atoms with Gasteiger partial charge < -0.3 is 10.1 Å². The van der Waals surface area contributed by atoms with Crippen molar-refractivity contribution in [3.8, 4) is 5.75 Å². The third kappa shape index (κ3) is 6.21. The minimum atomic E-state index is -0.0897. The number of para-hydroxylation sites is 1. The number of hydrogen-bond donors (Lipinski definition) is 1. The van der Waals surface area contributed by atoms with E-state index in [2.05, 4.69) is 35.9 Å². The Labute approximate surface area is 187 Å². The second-order valence-corrected chi connectivity index (χ2v) is 8.41. The highest BCUT2D eigenvalue weighted by Crippen LogP contribution is 2.22. The van der Waals surface area contributed by atoms with Gasteiger partial charge in [-0.15, -0.1) is 16.8 Å². The van der Waals surface area contributed by atoms with Gasteiger partial charge in [0.25, 0.3) is 0 Å². The zero-order valence-corrected chi connectivity index (χ0v) is 19.0. The molecule has 0 aliphatic carbocycles. The van der Waals surface area contributed by atoms with Crippen LogP contribution in [-0.4, -0.2) is 26.4 Å². The van der Waals surface area contributed by atoms with Gasteiger partial charge in [0.2, 0.25) is 5.91 Å². The standard InChI is InChI=1S/C24H28N4O2S/c1-5-14-28-22(15-30-21-9-7-6-8-18(21)4)26-27-24(28)31-16-23(29)25-20-12-10-19(11-13-20)17(2)3/h5-13,17H,1,14-16H2,2-4H3,(H,25,29). The number of hydrogen-bond acceptors (Lipinski definition) is 5. The number of allylic oxidation sites excluding steroid dienone is 1. The fourth-order valence-electron chi connectivity index (χ4n) is 2.98. The van der Waals surface area contributed by atoms with Crippen LogP contribution in [0.5, 0.6) is 5.75 Å². The Morgan fingerprint density at radius 3 is 2.61 bits per heavy atom. The van der Waals surface area contributed by atoms with Crippen LogP contribution in [0.3, 0.4) is 0 Å². The normalized spacial score (nSPS) is 10.8. The number of rotatable bonds is 10. The summed E-state index contributed by atoms with van der Waals surface area (Å²) in [6.45, 7) is 10.9. The molecule has 0 fully saturated rings. The smallest absolute Gasteiger partial charge is 0.234 e. The number of ether oxygens (including phenoxy) is 1. The summed E-state index contributed by atoms with van der Waals surface area (Å²) < 4.78 is 7.83. The molecule has 0 spiro atoms. The molecule has 2 aromatic carbocycles. The molecule has 0 unspecified atom stereocenters. The largest absolute Gasteiger partial charge is 0.485 e. The van der Waals surface area contributed by atoms with E-state index in [-0.39, 0.29) is 11.7 Å². The minimum absolute atomic E-state index is 0.0897. The molecule has 3 aromatic rings. The zero-order chi connectivity index (χ0) is 22.2. The molecule has 0 saturated heterocycles. The highest BCUT2D eigenvalue weighted by molar-refractivity contribution is 7.99. The maximum Gasteiger partial charge on any atom is 0.234 e. The van der Waals surface area contributed by atoms with Crippen LogP contribution in [0.25, 0.3) is 0 Å². The number of nitrogens with zero attached hydrogens (tertiary/aromatic N) is 3. The summed E-state index contributed by atoms with van der Waals surface area (Å²) in [6.07, 6.45) is 1.78. The number of anilines is 1. The quantitative estimate of drug-likeness (QED) is 0.349. The lowest BCUT2D eigenvalue weighted by Gasteiger charge is -2.11. The molecule has 0 radical (unpaired) electrons. The van der Waals surface area contributed by atoms with Crippen LogP contribution in [-0.2, 0) is 17.9 Å². The van der Waals surface area contributed by atoms with Crippen LogP contribution in [0.15, 0.2) is 66.3 Å². The summed E-state index contributed by atoms with van der Waals surface area (Å²) in [5, 5.41) is 12.1. The third-order valence-corrected chi connectivity index (χ3v) is 5.72. The van der Waals surface area contributed by atoms with E-state index in [1.54, 1.807) is 6.08 Å². The Bertz CT molecular complexity index is 1030. The molecule has 1 N–H and O–H groups in total. The molecule has 0 saturated carbocycles. The summed E-state index contributed by atoms with van der Waals surface area (Å²) in [5.74, 6) is 2.11. The van der Waals surface area contributed by atoms with Crippen LogP contribution < -0.4 is 10.1 Å². The molecule has 0 aliphatic rings. The van der Waals surface area contributed by atoms with Crippen molar-refractivity contribution >= 4 is 23.4 Å². The number of amides is 1. The first-order chi connectivity index (χ1) is 15.0. The molecule has 1 amide bonds. The summed E-state index contributed by atoms with van der Waals surface area (Å²) in [5.41, 5.74) is 3.09. The molecule has 1 aromatic heterocycles. The van der Waals surface area contributed by atoms with Gasteiger partial charge >= 0.3 is 0 Å². The SMILES string of the molecule is C=CCn1c(COc2ccccc2C)nnc1SCC(=O)Nc1ccc(C(C)C)cc1. The maximum absolute atomic E-state index is 12.4. The van der Waals surface area contributed by atoms with E-state index in [0.29, 0.717) is 30.1 Å². The zero-order valence-electron chi connectivity index (χ0n) is 18.2. The van der Waals surface area contributed by atoms with Crippen molar-refractivity contribution in [3.63, 3.8) is 0 Å². The van der Waals surface area contributed by atoms with Crippen molar-refractivity contribution in [1.29, 1.82) is 0 Å². The Morgan fingerprint density at radius 1 is 1.19 bits per heavy atom. The fourth-order valence-corrected chi connectivity index (χ4v) is 3.75. The minimum Gasteiger partial charge on any atom is -0.485 e. The van der Waals surface area contributed by atoms with Crippen molar-refractivity contribution in [1.82, 2.24) is 14.8 Å².